The predicted octanol–water partition coefficient (Wildman–Crippen LogP) is 6.07. The molecule has 0 unspecified atom stereocenters. The molecule has 1 amide bonds. The number of hydrogen-bond donors (Lipinski definition) is 1. The third-order valence-electron chi connectivity index (χ3n) is 5.44. The molecule has 1 aromatic heterocycles. The van der Waals surface area contributed by atoms with Crippen molar-refractivity contribution in [3.8, 4) is 17.1 Å². The van der Waals surface area contributed by atoms with Crippen molar-refractivity contribution in [2.45, 2.75) is 27.7 Å². The molecule has 4 rings (SSSR count). The molecule has 0 aliphatic heterocycles. The molecule has 1 heterocycles. The van der Waals surface area contributed by atoms with Crippen molar-refractivity contribution in [3.63, 3.8) is 0 Å². The number of nitrogens with zero attached hydrogens (tertiary/aromatic N) is 3. The number of aromatic nitrogens is 3. The van der Waals surface area contributed by atoms with Gasteiger partial charge in [-0.2, -0.15) is 0 Å². The van der Waals surface area contributed by atoms with Gasteiger partial charge in [-0.1, -0.05) is 59.6 Å². The number of aryl methyl sites for hydroxylation is 2. The number of amides is 1. The van der Waals surface area contributed by atoms with E-state index in [1.54, 1.807) is 16.8 Å². The van der Waals surface area contributed by atoms with Gasteiger partial charge in [-0.25, -0.2) is 9.67 Å². The Bertz CT molecular complexity index is 1280. The maximum atomic E-state index is 13.0. The van der Waals surface area contributed by atoms with Gasteiger partial charge in [0.15, 0.2) is 5.82 Å². The normalized spacial score (nSPS) is 10.9. The van der Waals surface area contributed by atoms with E-state index in [1.165, 1.54) is 0 Å². The van der Waals surface area contributed by atoms with E-state index in [1.807, 2.05) is 63.2 Å². The number of halogens is 1. The Kier molecular flexibility index (Phi) is 5.61. The lowest BCUT2D eigenvalue weighted by Crippen LogP contribution is -2.15. The van der Waals surface area contributed by atoms with Gasteiger partial charge in [0.05, 0.1) is 5.69 Å². The van der Waals surface area contributed by atoms with Crippen LogP contribution >= 0.6 is 11.6 Å². The Labute approximate surface area is 186 Å². The molecule has 4 aromatic rings. The highest BCUT2D eigenvalue weighted by Crippen LogP contribution is 2.26. The summed E-state index contributed by atoms with van der Waals surface area (Å²) in [5.41, 5.74) is 6.58. The highest BCUT2D eigenvalue weighted by molar-refractivity contribution is 6.31. The van der Waals surface area contributed by atoms with Gasteiger partial charge in [0.2, 0.25) is 5.82 Å². The van der Waals surface area contributed by atoms with Gasteiger partial charge in [-0.3, -0.25) is 4.79 Å². The SMILES string of the molecule is Cc1ccc(-c2nc(C(=O)Nc3cccc(Cl)c3C)nn2-c2cccc(C)c2C)cc1. The lowest BCUT2D eigenvalue weighted by molar-refractivity contribution is 0.101. The van der Waals surface area contributed by atoms with E-state index in [4.69, 9.17) is 11.6 Å². The van der Waals surface area contributed by atoms with E-state index in [9.17, 15) is 4.79 Å². The summed E-state index contributed by atoms with van der Waals surface area (Å²) >= 11 is 6.19. The van der Waals surface area contributed by atoms with Crippen LogP contribution in [0.4, 0.5) is 5.69 Å². The van der Waals surface area contributed by atoms with Crippen LogP contribution < -0.4 is 5.32 Å². The number of benzene rings is 3. The van der Waals surface area contributed by atoms with Crippen LogP contribution in [-0.4, -0.2) is 20.7 Å². The molecule has 0 aliphatic rings. The van der Waals surface area contributed by atoms with E-state index in [-0.39, 0.29) is 11.7 Å². The first kappa shape index (κ1) is 20.8. The summed E-state index contributed by atoms with van der Waals surface area (Å²) in [6, 6.07) is 19.4. The lowest BCUT2D eigenvalue weighted by Gasteiger charge is -2.11. The summed E-state index contributed by atoms with van der Waals surface area (Å²) in [6.07, 6.45) is 0. The van der Waals surface area contributed by atoms with Gasteiger partial charge in [0.25, 0.3) is 5.91 Å². The highest BCUT2D eigenvalue weighted by atomic mass is 35.5. The third kappa shape index (κ3) is 4.09. The van der Waals surface area contributed by atoms with E-state index < -0.39 is 0 Å². The fraction of sp³-hybridized carbons (Fsp3) is 0.160. The molecule has 0 atom stereocenters. The minimum atomic E-state index is -0.386. The quantitative estimate of drug-likeness (QED) is 0.427. The Morgan fingerprint density at radius 3 is 2.35 bits per heavy atom. The van der Waals surface area contributed by atoms with Gasteiger partial charge in [-0.15, -0.1) is 5.10 Å². The zero-order valence-corrected chi connectivity index (χ0v) is 18.7. The highest BCUT2D eigenvalue weighted by Gasteiger charge is 2.20. The zero-order valence-electron chi connectivity index (χ0n) is 17.9. The van der Waals surface area contributed by atoms with Crippen LogP contribution in [0.5, 0.6) is 0 Å². The molecule has 5 nitrogen and oxygen atoms in total. The molecule has 0 fully saturated rings. The van der Waals surface area contributed by atoms with Gasteiger partial charge in [-0.05, 0) is 62.6 Å². The first-order chi connectivity index (χ1) is 14.8. The summed E-state index contributed by atoms with van der Waals surface area (Å²) in [5, 5.41) is 8.06. The summed E-state index contributed by atoms with van der Waals surface area (Å²) < 4.78 is 1.74. The molecule has 0 bridgehead atoms. The van der Waals surface area contributed by atoms with E-state index in [0.29, 0.717) is 16.5 Å². The lowest BCUT2D eigenvalue weighted by atomic mass is 10.1. The number of rotatable bonds is 4. The minimum absolute atomic E-state index is 0.0934. The summed E-state index contributed by atoms with van der Waals surface area (Å²) in [7, 11) is 0. The molecule has 31 heavy (non-hydrogen) atoms. The average Bonchev–Trinajstić information content (AvgIpc) is 3.19. The van der Waals surface area contributed by atoms with Gasteiger partial charge in [0.1, 0.15) is 0 Å². The zero-order chi connectivity index (χ0) is 22.1. The molecule has 1 N–H and O–H groups in total. The van der Waals surface area contributed by atoms with E-state index in [0.717, 1.165) is 33.5 Å². The molecule has 3 aromatic carbocycles. The summed E-state index contributed by atoms with van der Waals surface area (Å²) in [5.74, 6) is 0.320. The van der Waals surface area contributed by atoms with Crippen LogP contribution in [-0.2, 0) is 0 Å². The third-order valence-corrected chi connectivity index (χ3v) is 5.85. The standard InChI is InChI=1S/C25H23ClN4O/c1-15-11-13-19(14-12-15)24-28-23(25(31)27-21-9-6-8-20(26)18(21)4)29-30(24)22-10-5-7-16(2)17(22)3/h5-14H,1-4H3,(H,27,31). The Hall–Kier alpha value is -3.44. The van der Waals surface area contributed by atoms with E-state index >= 15 is 0 Å². The van der Waals surface area contributed by atoms with Crippen molar-refractivity contribution in [1.82, 2.24) is 14.8 Å². The number of hydrogen-bond acceptors (Lipinski definition) is 3. The second-order valence-electron chi connectivity index (χ2n) is 7.62. The van der Waals surface area contributed by atoms with E-state index in [2.05, 4.69) is 28.4 Å². The van der Waals surface area contributed by atoms with Crippen LogP contribution in [0.25, 0.3) is 17.1 Å². The molecule has 0 radical (unpaired) electrons. The van der Waals surface area contributed by atoms with Crippen molar-refractivity contribution in [3.05, 3.63) is 93.8 Å². The van der Waals surface area contributed by atoms with Crippen LogP contribution in [0.3, 0.4) is 0 Å². The number of nitrogens with one attached hydrogen (secondary N) is 1. The number of carbonyl (C=O) groups excluding carboxylic acids is 1. The summed E-state index contributed by atoms with van der Waals surface area (Å²) in [4.78, 5) is 17.6. The first-order valence-electron chi connectivity index (χ1n) is 10.0. The molecule has 0 spiro atoms. The number of anilines is 1. The van der Waals surface area contributed by atoms with Crippen molar-refractivity contribution in [2.75, 3.05) is 5.32 Å². The van der Waals surface area contributed by atoms with Crippen molar-refractivity contribution < 1.29 is 4.79 Å². The first-order valence-corrected chi connectivity index (χ1v) is 10.4. The molecule has 0 saturated carbocycles. The molecule has 0 saturated heterocycles. The van der Waals surface area contributed by atoms with Gasteiger partial charge in [0, 0.05) is 16.3 Å². The van der Waals surface area contributed by atoms with Crippen LogP contribution in [0.2, 0.25) is 5.02 Å². The second kappa shape index (κ2) is 8.36. The van der Waals surface area contributed by atoms with Crippen LogP contribution in [0.15, 0.2) is 60.7 Å². The fourth-order valence-corrected chi connectivity index (χ4v) is 3.53. The Morgan fingerprint density at radius 2 is 1.61 bits per heavy atom. The van der Waals surface area contributed by atoms with Crippen LogP contribution in [0.1, 0.15) is 32.9 Å². The molecule has 156 valence electrons. The smallest absolute Gasteiger partial charge is 0.295 e. The van der Waals surface area contributed by atoms with Gasteiger partial charge < -0.3 is 5.32 Å². The van der Waals surface area contributed by atoms with Crippen molar-refractivity contribution in [2.24, 2.45) is 0 Å². The largest absolute Gasteiger partial charge is 0.319 e. The monoisotopic (exact) mass is 430 g/mol. The topological polar surface area (TPSA) is 59.8 Å². The van der Waals surface area contributed by atoms with Crippen LogP contribution in [0, 0.1) is 27.7 Å². The average molecular weight is 431 g/mol. The second-order valence-corrected chi connectivity index (χ2v) is 8.03. The maximum Gasteiger partial charge on any atom is 0.295 e. The summed E-state index contributed by atoms with van der Waals surface area (Å²) in [6.45, 7) is 7.99. The molecular formula is C25H23ClN4O. The Balaban J connectivity index is 1.81. The maximum absolute atomic E-state index is 13.0. The number of carbonyl (C=O) groups is 1. The predicted molar refractivity (Wildman–Crippen MR) is 125 cm³/mol. The fourth-order valence-electron chi connectivity index (χ4n) is 3.35. The van der Waals surface area contributed by atoms with Crippen molar-refractivity contribution >= 4 is 23.2 Å². The molecule has 0 aliphatic carbocycles. The van der Waals surface area contributed by atoms with Crippen molar-refractivity contribution in [1.29, 1.82) is 0 Å². The van der Waals surface area contributed by atoms with Gasteiger partial charge >= 0.3 is 0 Å². The Morgan fingerprint density at radius 1 is 0.903 bits per heavy atom. The molecule has 6 heteroatoms. The minimum Gasteiger partial charge on any atom is -0.319 e. The molecular weight excluding hydrogens is 408 g/mol.